The first-order valence-electron chi connectivity index (χ1n) is 10.4. The van der Waals surface area contributed by atoms with Gasteiger partial charge in [0, 0.05) is 45.8 Å². The Balaban J connectivity index is 0.00000280. The number of guanidine groups is 1. The van der Waals surface area contributed by atoms with Gasteiger partial charge in [-0.05, 0) is 63.9 Å². The van der Waals surface area contributed by atoms with Crippen LogP contribution in [0.2, 0.25) is 0 Å². The summed E-state index contributed by atoms with van der Waals surface area (Å²) < 4.78 is 14.5. The van der Waals surface area contributed by atoms with E-state index in [1.807, 2.05) is 37.9 Å². The second-order valence-electron chi connectivity index (χ2n) is 7.49. The molecule has 1 aromatic rings. The third kappa shape index (κ3) is 5.49. The zero-order valence-electron chi connectivity index (χ0n) is 17.5. The standard InChI is InChI=1S/C21H34FN5.HI/c1-4-25(5-2)20-9-8-17(14-19(20)22)15-24-21(23-3)27-13-10-18(16-27)26-11-6-7-12-26;/h8-9,14,18H,4-7,10-13,15-16H2,1-3H3,(H,23,24);1H. The zero-order valence-corrected chi connectivity index (χ0v) is 19.8. The Bertz CT molecular complexity index is 644. The van der Waals surface area contributed by atoms with Crippen LogP contribution in [-0.4, -0.2) is 68.1 Å². The predicted molar refractivity (Wildman–Crippen MR) is 126 cm³/mol. The van der Waals surface area contributed by atoms with Gasteiger partial charge < -0.3 is 15.1 Å². The summed E-state index contributed by atoms with van der Waals surface area (Å²) in [5.74, 6) is 0.771. The second-order valence-corrected chi connectivity index (χ2v) is 7.49. The summed E-state index contributed by atoms with van der Waals surface area (Å²) in [4.78, 5) is 11.4. The molecule has 2 heterocycles. The van der Waals surface area contributed by atoms with Crippen molar-refractivity contribution in [3.63, 3.8) is 0 Å². The minimum Gasteiger partial charge on any atom is -0.370 e. The molecule has 3 rings (SSSR count). The predicted octanol–water partition coefficient (Wildman–Crippen LogP) is 3.54. The number of nitrogens with one attached hydrogen (secondary N) is 1. The minimum atomic E-state index is -0.150. The molecule has 1 unspecified atom stereocenters. The van der Waals surface area contributed by atoms with Crippen molar-refractivity contribution in [2.45, 2.75) is 45.7 Å². The molecule has 0 aromatic heterocycles. The number of nitrogens with zero attached hydrogens (tertiary/aromatic N) is 4. The maximum absolute atomic E-state index is 14.5. The first-order chi connectivity index (χ1) is 13.2. The Labute approximate surface area is 186 Å². The average Bonchev–Trinajstić information content (AvgIpc) is 3.36. The highest BCUT2D eigenvalue weighted by Crippen LogP contribution is 2.22. The Kier molecular flexibility index (Phi) is 9.27. The van der Waals surface area contributed by atoms with E-state index < -0.39 is 0 Å². The van der Waals surface area contributed by atoms with E-state index in [0.29, 0.717) is 18.3 Å². The van der Waals surface area contributed by atoms with Crippen LogP contribution in [0, 0.1) is 5.82 Å². The molecule has 2 aliphatic heterocycles. The van der Waals surface area contributed by atoms with Crippen LogP contribution < -0.4 is 10.2 Å². The van der Waals surface area contributed by atoms with Crippen LogP contribution >= 0.6 is 24.0 Å². The maximum atomic E-state index is 14.5. The lowest BCUT2D eigenvalue weighted by Crippen LogP contribution is -2.42. The molecule has 0 bridgehead atoms. The van der Waals surface area contributed by atoms with Crippen LogP contribution in [0.4, 0.5) is 10.1 Å². The number of hydrogen-bond donors (Lipinski definition) is 1. The van der Waals surface area contributed by atoms with Gasteiger partial charge in [-0.2, -0.15) is 0 Å². The highest BCUT2D eigenvalue weighted by atomic mass is 127. The first kappa shape index (κ1) is 23.2. The molecule has 2 saturated heterocycles. The Morgan fingerprint density at radius 3 is 2.54 bits per heavy atom. The van der Waals surface area contributed by atoms with E-state index in [4.69, 9.17) is 0 Å². The fraction of sp³-hybridized carbons (Fsp3) is 0.667. The zero-order chi connectivity index (χ0) is 19.2. The SMILES string of the molecule is CCN(CC)c1ccc(CNC(=NC)N2CCC(N3CCCC3)C2)cc1F.I. The van der Waals surface area contributed by atoms with Gasteiger partial charge >= 0.3 is 0 Å². The fourth-order valence-corrected chi connectivity index (χ4v) is 4.33. The molecule has 0 aliphatic carbocycles. The lowest BCUT2D eigenvalue weighted by atomic mass is 10.2. The van der Waals surface area contributed by atoms with Gasteiger partial charge in [-0.15, -0.1) is 24.0 Å². The summed E-state index contributed by atoms with van der Waals surface area (Å²) in [6.45, 7) is 10.9. The van der Waals surface area contributed by atoms with Crippen molar-refractivity contribution in [3.05, 3.63) is 29.6 Å². The lowest BCUT2D eigenvalue weighted by Gasteiger charge is -2.25. The number of aliphatic imine (C=N–C) groups is 1. The average molecular weight is 503 g/mol. The van der Waals surface area contributed by atoms with E-state index >= 15 is 0 Å². The summed E-state index contributed by atoms with van der Waals surface area (Å²) in [6, 6.07) is 6.19. The normalized spacial score (nSPS) is 20.4. The van der Waals surface area contributed by atoms with Crippen molar-refractivity contribution < 1.29 is 4.39 Å². The van der Waals surface area contributed by atoms with E-state index in [1.54, 1.807) is 6.07 Å². The summed E-state index contributed by atoms with van der Waals surface area (Å²) in [5, 5.41) is 3.42. The highest BCUT2D eigenvalue weighted by molar-refractivity contribution is 14.0. The monoisotopic (exact) mass is 503 g/mol. The van der Waals surface area contributed by atoms with Crippen molar-refractivity contribution in [3.8, 4) is 0 Å². The van der Waals surface area contributed by atoms with Crippen molar-refractivity contribution in [1.29, 1.82) is 0 Å². The van der Waals surface area contributed by atoms with E-state index in [-0.39, 0.29) is 29.8 Å². The molecule has 1 N–H and O–H groups in total. The summed E-state index contributed by atoms with van der Waals surface area (Å²) in [7, 11) is 1.83. The maximum Gasteiger partial charge on any atom is 0.193 e. The van der Waals surface area contributed by atoms with Crippen LogP contribution in [0.25, 0.3) is 0 Å². The molecule has 2 aliphatic rings. The molecule has 1 aromatic carbocycles. The molecule has 28 heavy (non-hydrogen) atoms. The molecule has 7 heteroatoms. The minimum absolute atomic E-state index is 0. The van der Waals surface area contributed by atoms with Crippen molar-refractivity contribution >= 4 is 35.6 Å². The van der Waals surface area contributed by atoms with Gasteiger partial charge in [0.15, 0.2) is 5.96 Å². The molecule has 5 nitrogen and oxygen atoms in total. The lowest BCUT2D eigenvalue weighted by molar-refractivity contribution is 0.249. The van der Waals surface area contributed by atoms with Crippen LogP contribution in [0.5, 0.6) is 0 Å². The second kappa shape index (κ2) is 11.2. The molecule has 1 atom stereocenters. The molecular weight excluding hydrogens is 468 g/mol. The number of rotatable bonds is 6. The Hall–Kier alpha value is -1.09. The molecule has 2 fully saturated rings. The highest BCUT2D eigenvalue weighted by Gasteiger charge is 2.30. The Morgan fingerprint density at radius 2 is 1.93 bits per heavy atom. The van der Waals surface area contributed by atoms with Crippen LogP contribution in [0.15, 0.2) is 23.2 Å². The largest absolute Gasteiger partial charge is 0.370 e. The van der Waals surface area contributed by atoms with Crippen LogP contribution in [0.1, 0.15) is 38.7 Å². The molecular formula is C21H35FIN5. The van der Waals surface area contributed by atoms with Gasteiger partial charge in [0.05, 0.1) is 5.69 Å². The van der Waals surface area contributed by atoms with Gasteiger partial charge in [-0.25, -0.2) is 4.39 Å². The van der Waals surface area contributed by atoms with Gasteiger partial charge in [-0.1, -0.05) is 6.07 Å². The Morgan fingerprint density at radius 1 is 1.21 bits per heavy atom. The van der Waals surface area contributed by atoms with Crippen molar-refractivity contribution in [2.24, 2.45) is 4.99 Å². The molecule has 0 spiro atoms. The van der Waals surface area contributed by atoms with E-state index in [1.165, 1.54) is 32.4 Å². The summed E-state index contributed by atoms with van der Waals surface area (Å²) in [5.41, 5.74) is 1.63. The first-order valence-corrected chi connectivity index (χ1v) is 10.4. The third-order valence-electron chi connectivity index (χ3n) is 5.90. The van der Waals surface area contributed by atoms with E-state index in [2.05, 4.69) is 20.1 Å². The summed E-state index contributed by atoms with van der Waals surface area (Å²) in [6.07, 6.45) is 3.87. The molecule has 0 radical (unpaired) electrons. The quantitative estimate of drug-likeness (QED) is 0.366. The molecule has 0 amide bonds. The summed E-state index contributed by atoms with van der Waals surface area (Å²) >= 11 is 0. The molecule has 0 saturated carbocycles. The van der Waals surface area contributed by atoms with Crippen molar-refractivity contribution in [1.82, 2.24) is 15.1 Å². The van der Waals surface area contributed by atoms with Gasteiger partial charge in [-0.3, -0.25) is 9.89 Å². The third-order valence-corrected chi connectivity index (χ3v) is 5.90. The van der Waals surface area contributed by atoms with Gasteiger partial charge in [0.1, 0.15) is 5.82 Å². The van der Waals surface area contributed by atoms with Gasteiger partial charge in [0.2, 0.25) is 0 Å². The number of hydrogen-bond acceptors (Lipinski definition) is 3. The number of likely N-dealkylation sites (tertiary alicyclic amines) is 2. The van der Waals surface area contributed by atoms with E-state index in [9.17, 15) is 4.39 Å². The topological polar surface area (TPSA) is 34.1 Å². The van der Waals surface area contributed by atoms with Gasteiger partial charge in [0.25, 0.3) is 0 Å². The van der Waals surface area contributed by atoms with Crippen molar-refractivity contribution in [2.75, 3.05) is 51.2 Å². The number of anilines is 1. The number of halogens is 2. The number of benzene rings is 1. The smallest absolute Gasteiger partial charge is 0.193 e. The fourth-order valence-electron chi connectivity index (χ4n) is 4.33. The van der Waals surface area contributed by atoms with Crippen LogP contribution in [0.3, 0.4) is 0 Å². The van der Waals surface area contributed by atoms with Crippen LogP contribution in [-0.2, 0) is 6.54 Å². The van der Waals surface area contributed by atoms with E-state index in [0.717, 1.165) is 37.7 Å². The molecule has 158 valence electrons.